The Bertz CT molecular complexity index is 1660. The number of carbonyl (C=O) groups is 2. The molecule has 1 aliphatic rings. The van der Waals surface area contributed by atoms with Crippen molar-refractivity contribution in [3.05, 3.63) is 84.7 Å². The number of benzene rings is 3. The monoisotopic (exact) mass is 538 g/mol. The van der Waals surface area contributed by atoms with Gasteiger partial charge in [-0.2, -0.15) is 4.52 Å². The summed E-state index contributed by atoms with van der Waals surface area (Å²) in [4.78, 5) is 38.6. The number of para-hydroxylation sites is 1. The van der Waals surface area contributed by atoms with Crippen molar-refractivity contribution < 1.29 is 14.0 Å². The van der Waals surface area contributed by atoms with Gasteiger partial charge in [0.2, 0.25) is 17.8 Å². The molecule has 3 heterocycles. The highest BCUT2D eigenvalue weighted by atomic mass is 19.1. The predicted molar refractivity (Wildman–Crippen MR) is 150 cm³/mol. The van der Waals surface area contributed by atoms with E-state index in [2.05, 4.69) is 25.8 Å². The Morgan fingerprint density at radius 1 is 0.825 bits per heavy atom. The zero-order chi connectivity index (χ0) is 27.5. The second-order valence-electron chi connectivity index (χ2n) is 9.51. The highest BCUT2D eigenvalue weighted by Gasteiger charge is 2.22. The van der Waals surface area contributed by atoms with Crippen LogP contribution in [0.2, 0.25) is 0 Å². The van der Waals surface area contributed by atoms with Crippen LogP contribution in [0.5, 0.6) is 0 Å². The quantitative estimate of drug-likeness (QED) is 0.305. The molecule has 11 heteroatoms. The topological polar surface area (TPSA) is 108 Å². The Morgan fingerprint density at radius 3 is 2.33 bits per heavy atom. The number of rotatable bonds is 7. The minimum atomic E-state index is -0.343. The number of nitrogens with one attached hydrogen (secondary N) is 2. The van der Waals surface area contributed by atoms with Crippen molar-refractivity contribution in [2.24, 2.45) is 0 Å². The Labute approximate surface area is 229 Å². The van der Waals surface area contributed by atoms with Crippen molar-refractivity contribution in [3.8, 4) is 11.4 Å². The highest BCUT2D eigenvalue weighted by molar-refractivity contribution is 5.93. The van der Waals surface area contributed by atoms with Crippen LogP contribution in [0.15, 0.2) is 78.9 Å². The molecule has 1 fully saturated rings. The molecule has 10 nitrogen and oxygen atoms in total. The summed E-state index contributed by atoms with van der Waals surface area (Å²) < 4.78 is 14.8. The van der Waals surface area contributed by atoms with Gasteiger partial charge in [0.25, 0.3) is 0 Å². The Kier molecular flexibility index (Phi) is 6.92. The predicted octanol–water partition coefficient (Wildman–Crippen LogP) is 3.66. The van der Waals surface area contributed by atoms with E-state index in [1.54, 1.807) is 21.5 Å². The molecule has 0 atom stereocenters. The molecule has 0 unspecified atom stereocenters. The van der Waals surface area contributed by atoms with E-state index in [4.69, 9.17) is 4.98 Å². The molecule has 0 spiro atoms. The molecular formula is C29H27FN8O2. The van der Waals surface area contributed by atoms with Crippen LogP contribution in [0.25, 0.3) is 27.9 Å². The Hall–Kier alpha value is -5.06. The smallest absolute Gasteiger partial charge is 0.245 e. The summed E-state index contributed by atoms with van der Waals surface area (Å²) in [5.74, 6) is 0.149. The lowest BCUT2D eigenvalue weighted by molar-refractivity contribution is -0.133. The normalized spacial score (nSPS) is 13.5. The van der Waals surface area contributed by atoms with E-state index in [9.17, 15) is 14.0 Å². The summed E-state index contributed by atoms with van der Waals surface area (Å²) in [5.41, 5.74) is 8.62. The maximum absolute atomic E-state index is 13.2. The van der Waals surface area contributed by atoms with E-state index in [1.807, 2.05) is 54.6 Å². The van der Waals surface area contributed by atoms with E-state index in [0.717, 1.165) is 16.6 Å². The second kappa shape index (κ2) is 11.0. The minimum Gasteiger partial charge on any atom is -0.368 e. The van der Waals surface area contributed by atoms with Gasteiger partial charge in [0, 0.05) is 55.7 Å². The van der Waals surface area contributed by atoms with Gasteiger partial charge in [-0.3, -0.25) is 20.4 Å². The van der Waals surface area contributed by atoms with Crippen LogP contribution in [-0.4, -0.2) is 62.5 Å². The fourth-order valence-electron chi connectivity index (χ4n) is 4.78. The molecule has 0 saturated carbocycles. The van der Waals surface area contributed by atoms with Crippen molar-refractivity contribution in [1.29, 1.82) is 0 Å². The molecule has 0 aliphatic carbocycles. The van der Waals surface area contributed by atoms with Crippen LogP contribution in [-0.2, 0) is 9.59 Å². The number of nitrogens with zero attached hydrogens (tertiary/aromatic N) is 6. The first-order valence-corrected chi connectivity index (χ1v) is 13.1. The largest absolute Gasteiger partial charge is 0.368 e. The summed E-state index contributed by atoms with van der Waals surface area (Å²) in [5, 5.41) is 5.46. The Balaban J connectivity index is 1.07. The third kappa shape index (κ3) is 5.26. The molecule has 6 rings (SSSR count). The van der Waals surface area contributed by atoms with Gasteiger partial charge in [-0.15, -0.1) is 5.10 Å². The number of amides is 2. The first-order chi connectivity index (χ1) is 19.5. The molecule has 0 radical (unpaired) electrons. The number of anilines is 2. The fourth-order valence-corrected chi connectivity index (χ4v) is 4.78. The summed E-state index contributed by atoms with van der Waals surface area (Å²) >= 11 is 0. The van der Waals surface area contributed by atoms with Gasteiger partial charge < -0.3 is 9.80 Å². The van der Waals surface area contributed by atoms with Gasteiger partial charge in [0.15, 0.2) is 11.5 Å². The van der Waals surface area contributed by atoms with Crippen molar-refractivity contribution in [3.63, 3.8) is 0 Å². The van der Waals surface area contributed by atoms with Crippen molar-refractivity contribution in [1.82, 2.24) is 29.9 Å². The standard InChI is InChI=1S/C29H27FN8O2/c30-21-10-12-22(13-11-21)36-16-18-37(19-17-36)26(40)15-14-25(39)33-34-29-31-24-9-5-4-8-23(24)28-32-27(35-38(28)29)20-6-2-1-3-7-20/h1-13H,14-19H2,(H,31,34)(H,33,39). The first-order valence-electron chi connectivity index (χ1n) is 13.1. The van der Waals surface area contributed by atoms with Crippen molar-refractivity contribution >= 4 is 40.0 Å². The number of hydrogen-bond donors (Lipinski definition) is 2. The third-order valence-electron chi connectivity index (χ3n) is 6.91. The third-order valence-corrected chi connectivity index (χ3v) is 6.91. The molecule has 2 amide bonds. The van der Waals surface area contributed by atoms with Gasteiger partial charge >= 0.3 is 0 Å². The molecule has 2 aromatic heterocycles. The van der Waals surface area contributed by atoms with E-state index >= 15 is 0 Å². The van der Waals surface area contributed by atoms with Crippen molar-refractivity contribution in [2.75, 3.05) is 36.5 Å². The van der Waals surface area contributed by atoms with Crippen LogP contribution in [0.3, 0.4) is 0 Å². The van der Waals surface area contributed by atoms with Crippen LogP contribution in [0.1, 0.15) is 12.8 Å². The number of carbonyl (C=O) groups excluding carboxylic acids is 2. The maximum atomic E-state index is 13.2. The van der Waals surface area contributed by atoms with Crippen LogP contribution in [0, 0.1) is 5.82 Å². The number of halogens is 1. The van der Waals surface area contributed by atoms with Crippen molar-refractivity contribution in [2.45, 2.75) is 12.8 Å². The minimum absolute atomic E-state index is 0.0212. The van der Waals surface area contributed by atoms with Gasteiger partial charge in [0.05, 0.1) is 5.52 Å². The highest BCUT2D eigenvalue weighted by Crippen LogP contribution is 2.24. The zero-order valence-electron chi connectivity index (χ0n) is 21.6. The summed E-state index contributed by atoms with van der Waals surface area (Å²) in [6.45, 7) is 2.39. The van der Waals surface area contributed by atoms with Gasteiger partial charge in [-0.25, -0.2) is 14.4 Å². The van der Waals surface area contributed by atoms with Gasteiger partial charge in [0.1, 0.15) is 5.82 Å². The average molecular weight is 539 g/mol. The summed E-state index contributed by atoms with van der Waals surface area (Å²) in [6, 6.07) is 23.6. The zero-order valence-corrected chi connectivity index (χ0v) is 21.6. The molecule has 2 N–H and O–H groups in total. The first kappa shape index (κ1) is 25.2. The van der Waals surface area contributed by atoms with Crippen LogP contribution >= 0.6 is 0 Å². The molecule has 5 aromatic rings. The molecule has 0 bridgehead atoms. The summed E-state index contributed by atoms with van der Waals surface area (Å²) in [7, 11) is 0. The maximum Gasteiger partial charge on any atom is 0.245 e. The van der Waals surface area contributed by atoms with Crippen LogP contribution in [0.4, 0.5) is 16.0 Å². The molecule has 202 valence electrons. The number of hydrazine groups is 1. The Morgan fingerprint density at radius 2 is 1.55 bits per heavy atom. The van der Waals surface area contributed by atoms with Crippen LogP contribution < -0.4 is 15.8 Å². The average Bonchev–Trinajstić information content (AvgIpc) is 3.46. The van der Waals surface area contributed by atoms with Gasteiger partial charge in [-0.1, -0.05) is 42.5 Å². The van der Waals surface area contributed by atoms with E-state index in [-0.39, 0.29) is 30.5 Å². The number of hydrogen-bond acceptors (Lipinski definition) is 7. The lowest BCUT2D eigenvalue weighted by Crippen LogP contribution is -2.49. The molecular weight excluding hydrogens is 511 g/mol. The fraction of sp³-hybridized carbons (Fsp3) is 0.207. The second-order valence-corrected chi connectivity index (χ2v) is 9.51. The number of aromatic nitrogens is 4. The lowest BCUT2D eigenvalue weighted by Gasteiger charge is -2.36. The lowest BCUT2D eigenvalue weighted by atomic mass is 10.2. The number of fused-ring (bicyclic) bond motifs is 3. The van der Waals surface area contributed by atoms with Gasteiger partial charge in [-0.05, 0) is 36.4 Å². The van der Waals surface area contributed by atoms with E-state index in [0.29, 0.717) is 49.1 Å². The van der Waals surface area contributed by atoms with E-state index < -0.39 is 0 Å². The SMILES string of the molecule is O=C(CCC(=O)N1CCN(c2ccc(F)cc2)CC1)NNc1nc2ccccc2c2nc(-c3ccccc3)nn12. The summed E-state index contributed by atoms with van der Waals surface area (Å²) in [6.07, 6.45) is 0.111. The molecule has 3 aromatic carbocycles. The number of piperazine rings is 1. The molecule has 40 heavy (non-hydrogen) atoms. The van der Waals surface area contributed by atoms with E-state index in [1.165, 1.54) is 12.1 Å². The molecule has 1 saturated heterocycles. The molecule has 1 aliphatic heterocycles.